The van der Waals surface area contributed by atoms with Gasteiger partial charge in [0.05, 0.1) is 11.5 Å². The second-order valence-electron chi connectivity index (χ2n) is 3.34. The lowest BCUT2D eigenvalue weighted by Gasteiger charge is -2.22. The lowest BCUT2D eigenvalue weighted by Crippen LogP contribution is -2.21. The molecule has 0 fully saturated rings. The fourth-order valence-corrected chi connectivity index (χ4v) is 1.83. The normalized spacial score (nSPS) is 18.0. The van der Waals surface area contributed by atoms with E-state index in [4.69, 9.17) is 22.1 Å². The molecule has 0 spiro atoms. The van der Waals surface area contributed by atoms with Gasteiger partial charge in [0.2, 0.25) is 5.75 Å². The third kappa shape index (κ3) is 2.21. The molecule has 1 aromatic carbocycles. The molecule has 0 aliphatic carbocycles. The summed E-state index contributed by atoms with van der Waals surface area (Å²) >= 11 is 5.78. The van der Waals surface area contributed by atoms with Crippen molar-refractivity contribution in [2.45, 2.75) is 12.5 Å². The molecular formula is C9H10Cl2N2O3. The van der Waals surface area contributed by atoms with Crippen molar-refractivity contribution < 1.29 is 9.66 Å². The zero-order valence-electron chi connectivity index (χ0n) is 8.18. The Morgan fingerprint density at radius 2 is 2.25 bits per heavy atom. The standard InChI is InChI=1S/C9H9ClN2O3.ClH/c10-5-3-6-7(11)1-2-15-9(6)8(4-5)12(13)14;/h3-4,7H,1-2,11H2;1H/t7-;/m0./s1. The number of halogens is 2. The molecule has 88 valence electrons. The number of hydrogen-bond acceptors (Lipinski definition) is 4. The highest BCUT2D eigenvalue weighted by molar-refractivity contribution is 6.31. The van der Waals surface area contributed by atoms with Crippen molar-refractivity contribution in [3.05, 3.63) is 32.8 Å². The molecule has 1 aliphatic heterocycles. The van der Waals surface area contributed by atoms with Gasteiger partial charge < -0.3 is 10.5 Å². The molecule has 0 saturated heterocycles. The van der Waals surface area contributed by atoms with Crippen molar-refractivity contribution in [3.63, 3.8) is 0 Å². The van der Waals surface area contributed by atoms with E-state index in [0.717, 1.165) is 0 Å². The Kier molecular flexibility index (Phi) is 3.96. The Balaban J connectivity index is 0.00000128. The summed E-state index contributed by atoms with van der Waals surface area (Å²) in [4.78, 5) is 10.2. The number of fused-ring (bicyclic) bond motifs is 1. The summed E-state index contributed by atoms with van der Waals surface area (Å²) in [5.74, 6) is 0.253. The van der Waals surface area contributed by atoms with Crippen LogP contribution in [-0.4, -0.2) is 11.5 Å². The number of nitrogens with two attached hydrogens (primary N) is 1. The maximum Gasteiger partial charge on any atom is 0.312 e. The molecule has 1 atom stereocenters. The molecule has 0 radical (unpaired) electrons. The number of rotatable bonds is 1. The molecule has 0 amide bonds. The predicted octanol–water partition coefficient (Wildman–Crippen LogP) is 2.45. The predicted molar refractivity (Wildman–Crippen MR) is 62.4 cm³/mol. The Labute approximate surface area is 103 Å². The van der Waals surface area contributed by atoms with Crippen LogP contribution in [0, 0.1) is 10.1 Å². The van der Waals surface area contributed by atoms with E-state index in [-0.39, 0.29) is 29.9 Å². The zero-order valence-corrected chi connectivity index (χ0v) is 9.75. The number of nitro benzene ring substituents is 1. The highest BCUT2D eigenvalue weighted by Crippen LogP contribution is 2.40. The molecule has 16 heavy (non-hydrogen) atoms. The molecule has 5 nitrogen and oxygen atoms in total. The summed E-state index contributed by atoms with van der Waals surface area (Å²) < 4.78 is 5.26. The van der Waals surface area contributed by atoms with E-state index in [1.165, 1.54) is 6.07 Å². The van der Waals surface area contributed by atoms with Gasteiger partial charge in [-0.05, 0) is 6.07 Å². The van der Waals surface area contributed by atoms with E-state index in [9.17, 15) is 10.1 Å². The number of nitro groups is 1. The number of hydrogen-bond donors (Lipinski definition) is 1. The van der Waals surface area contributed by atoms with Gasteiger partial charge >= 0.3 is 5.69 Å². The van der Waals surface area contributed by atoms with Crippen molar-refractivity contribution in [3.8, 4) is 5.75 Å². The molecule has 0 unspecified atom stereocenters. The minimum absolute atomic E-state index is 0. The summed E-state index contributed by atoms with van der Waals surface area (Å²) in [6.07, 6.45) is 0.643. The molecule has 2 N–H and O–H groups in total. The molecule has 7 heteroatoms. The first-order chi connectivity index (χ1) is 7.09. The average Bonchev–Trinajstić information content (AvgIpc) is 2.18. The molecule has 1 heterocycles. The van der Waals surface area contributed by atoms with Gasteiger partial charge in [-0.2, -0.15) is 0 Å². The van der Waals surface area contributed by atoms with Crippen molar-refractivity contribution >= 4 is 29.7 Å². The first-order valence-electron chi connectivity index (χ1n) is 4.46. The molecule has 0 aromatic heterocycles. The lowest BCUT2D eigenvalue weighted by atomic mass is 10.0. The molecule has 0 bridgehead atoms. The Morgan fingerprint density at radius 3 is 2.88 bits per heavy atom. The van der Waals surface area contributed by atoms with Crippen LogP contribution in [0.15, 0.2) is 12.1 Å². The summed E-state index contributed by atoms with van der Waals surface area (Å²) in [5.41, 5.74) is 6.32. The number of ether oxygens (including phenoxy) is 1. The van der Waals surface area contributed by atoms with Crippen LogP contribution in [0.5, 0.6) is 5.75 Å². The third-order valence-corrected chi connectivity index (χ3v) is 2.55. The highest BCUT2D eigenvalue weighted by Gasteiger charge is 2.27. The van der Waals surface area contributed by atoms with Gasteiger partial charge in [0, 0.05) is 29.1 Å². The first kappa shape index (κ1) is 13.0. The van der Waals surface area contributed by atoms with Crippen LogP contribution in [0.25, 0.3) is 0 Å². The van der Waals surface area contributed by atoms with E-state index in [0.29, 0.717) is 23.6 Å². The maximum absolute atomic E-state index is 10.8. The van der Waals surface area contributed by atoms with Crippen LogP contribution < -0.4 is 10.5 Å². The first-order valence-corrected chi connectivity index (χ1v) is 4.83. The minimum atomic E-state index is -0.511. The van der Waals surface area contributed by atoms with Crippen LogP contribution in [-0.2, 0) is 0 Å². The molecule has 1 aliphatic rings. The molecule has 1 aromatic rings. The van der Waals surface area contributed by atoms with Gasteiger partial charge in [0.15, 0.2) is 0 Å². The van der Waals surface area contributed by atoms with Crippen molar-refractivity contribution in [2.75, 3.05) is 6.61 Å². The quantitative estimate of drug-likeness (QED) is 0.624. The Morgan fingerprint density at radius 1 is 1.56 bits per heavy atom. The largest absolute Gasteiger partial charge is 0.487 e. The fourth-order valence-electron chi connectivity index (χ4n) is 1.61. The van der Waals surface area contributed by atoms with Gasteiger partial charge in [-0.25, -0.2) is 0 Å². The van der Waals surface area contributed by atoms with Crippen molar-refractivity contribution in [1.29, 1.82) is 0 Å². The average molecular weight is 265 g/mol. The van der Waals surface area contributed by atoms with Crippen LogP contribution in [0.4, 0.5) is 5.69 Å². The van der Waals surface area contributed by atoms with Crippen molar-refractivity contribution in [1.82, 2.24) is 0 Å². The lowest BCUT2D eigenvalue weighted by molar-refractivity contribution is -0.386. The van der Waals surface area contributed by atoms with Gasteiger partial charge in [-0.15, -0.1) is 12.4 Å². The highest BCUT2D eigenvalue weighted by atomic mass is 35.5. The molecular weight excluding hydrogens is 255 g/mol. The van der Waals surface area contributed by atoms with Crippen molar-refractivity contribution in [2.24, 2.45) is 5.73 Å². The van der Waals surface area contributed by atoms with E-state index < -0.39 is 4.92 Å². The number of nitrogens with zero attached hydrogens (tertiary/aromatic N) is 1. The fraction of sp³-hybridized carbons (Fsp3) is 0.333. The van der Waals surface area contributed by atoms with Gasteiger partial charge in [0.1, 0.15) is 0 Å². The van der Waals surface area contributed by atoms with Crippen LogP contribution in [0.3, 0.4) is 0 Å². The smallest absolute Gasteiger partial charge is 0.312 e. The SMILES string of the molecule is Cl.N[C@H]1CCOc2c1cc(Cl)cc2[N+](=O)[O-]. The van der Waals surface area contributed by atoms with Crippen LogP contribution >= 0.6 is 24.0 Å². The Bertz CT molecular complexity index is 425. The molecule has 2 rings (SSSR count). The van der Waals surface area contributed by atoms with E-state index in [2.05, 4.69) is 0 Å². The summed E-state index contributed by atoms with van der Waals surface area (Å²) in [5, 5.41) is 11.1. The second-order valence-corrected chi connectivity index (χ2v) is 3.78. The summed E-state index contributed by atoms with van der Waals surface area (Å²) in [7, 11) is 0. The van der Waals surface area contributed by atoms with E-state index >= 15 is 0 Å². The second kappa shape index (κ2) is 4.86. The topological polar surface area (TPSA) is 78.4 Å². The van der Waals surface area contributed by atoms with Gasteiger partial charge in [0.25, 0.3) is 0 Å². The monoisotopic (exact) mass is 264 g/mol. The van der Waals surface area contributed by atoms with Gasteiger partial charge in [-0.3, -0.25) is 10.1 Å². The minimum Gasteiger partial charge on any atom is -0.487 e. The third-order valence-electron chi connectivity index (χ3n) is 2.33. The van der Waals surface area contributed by atoms with Crippen LogP contribution in [0.1, 0.15) is 18.0 Å². The van der Waals surface area contributed by atoms with E-state index in [1.54, 1.807) is 6.07 Å². The molecule has 0 saturated carbocycles. The van der Waals surface area contributed by atoms with Crippen LogP contribution in [0.2, 0.25) is 5.02 Å². The zero-order chi connectivity index (χ0) is 11.0. The summed E-state index contributed by atoms with van der Waals surface area (Å²) in [6, 6.07) is 2.65. The number of benzene rings is 1. The van der Waals surface area contributed by atoms with E-state index in [1.807, 2.05) is 0 Å². The Hall–Kier alpha value is -1.04. The van der Waals surface area contributed by atoms with Gasteiger partial charge in [-0.1, -0.05) is 11.6 Å². The summed E-state index contributed by atoms with van der Waals surface area (Å²) in [6.45, 7) is 0.399. The maximum atomic E-state index is 10.8.